The molecule has 1 rings (SSSR count). The first-order valence-corrected chi connectivity index (χ1v) is 8.12. The molecule has 2 atom stereocenters. The van der Waals surface area contributed by atoms with Gasteiger partial charge in [-0.1, -0.05) is 13.8 Å². The average molecular weight is 280 g/mol. The molecule has 1 saturated carbocycles. The minimum absolute atomic E-state index is 0.268. The van der Waals surface area contributed by atoms with Gasteiger partial charge < -0.3 is 9.80 Å². The van der Waals surface area contributed by atoms with Gasteiger partial charge in [0.1, 0.15) is 5.54 Å². The number of hydrogen-bond donors (Lipinski definition) is 1. The second-order valence-electron chi connectivity index (χ2n) is 6.30. The van der Waals surface area contributed by atoms with E-state index >= 15 is 0 Å². The van der Waals surface area contributed by atoms with Gasteiger partial charge in [-0.2, -0.15) is 5.26 Å². The van der Waals surface area contributed by atoms with Crippen molar-refractivity contribution in [3.8, 4) is 6.07 Å². The molecular weight excluding hydrogens is 248 g/mol. The number of nitriles is 1. The lowest BCUT2D eigenvalue weighted by Crippen LogP contribution is -2.44. The number of hydrogen-bond acceptors (Lipinski definition) is 4. The van der Waals surface area contributed by atoms with Crippen molar-refractivity contribution in [2.75, 3.05) is 40.3 Å². The van der Waals surface area contributed by atoms with E-state index in [4.69, 9.17) is 0 Å². The maximum Gasteiger partial charge on any atom is 0.108 e. The first kappa shape index (κ1) is 17.4. The zero-order valence-electron chi connectivity index (χ0n) is 13.8. The standard InChI is InChI=1S/C16H32N4/c1-5-10-18-16(14-17)9-8-15(13-16)20(6-2)12-7-11-19(3)4/h15,18H,5-13H2,1-4H3. The molecule has 1 N–H and O–H groups in total. The van der Waals surface area contributed by atoms with Gasteiger partial charge in [-0.15, -0.1) is 0 Å². The molecular formula is C16H32N4. The molecule has 0 aromatic heterocycles. The van der Waals surface area contributed by atoms with Crippen LogP contribution in [-0.4, -0.2) is 61.7 Å². The van der Waals surface area contributed by atoms with Crippen LogP contribution in [0.2, 0.25) is 0 Å². The Labute approximate surface area is 125 Å². The van der Waals surface area contributed by atoms with Gasteiger partial charge in [0, 0.05) is 6.04 Å². The van der Waals surface area contributed by atoms with Crippen LogP contribution in [0.5, 0.6) is 0 Å². The summed E-state index contributed by atoms with van der Waals surface area (Å²) in [5.41, 5.74) is -0.268. The lowest BCUT2D eigenvalue weighted by molar-refractivity contribution is 0.192. The van der Waals surface area contributed by atoms with Gasteiger partial charge in [-0.3, -0.25) is 5.32 Å². The zero-order valence-corrected chi connectivity index (χ0v) is 13.8. The maximum atomic E-state index is 9.53. The maximum absolute atomic E-state index is 9.53. The van der Waals surface area contributed by atoms with Gasteiger partial charge in [0.05, 0.1) is 6.07 Å². The third-order valence-electron chi connectivity index (χ3n) is 4.39. The van der Waals surface area contributed by atoms with Crippen LogP contribution >= 0.6 is 0 Å². The second-order valence-corrected chi connectivity index (χ2v) is 6.30. The van der Waals surface area contributed by atoms with Gasteiger partial charge in [0.2, 0.25) is 0 Å². The fraction of sp³-hybridized carbons (Fsp3) is 0.938. The lowest BCUT2D eigenvalue weighted by atomic mass is 9.99. The van der Waals surface area contributed by atoms with E-state index in [0.717, 1.165) is 51.9 Å². The highest BCUT2D eigenvalue weighted by atomic mass is 15.2. The van der Waals surface area contributed by atoms with Crippen molar-refractivity contribution < 1.29 is 0 Å². The topological polar surface area (TPSA) is 42.3 Å². The van der Waals surface area contributed by atoms with Crippen LogP contribution in [0.3, 0.4) is 0 Å². The first-order chi connectivity index (χ1) is 9.56. The zero-order chi connectivity index (χ0) is 15.0. The van der Waals surface area contributed by atoms with Gasteiger partial charge in [0.25, 0.3) is 0 Å². The lowest BCUT2D eigenvalue weighted by Gasteiger charge is -2.29. The summed E-state index contributed by atoms with van der Waals surface area (Å²) in [5.74, 6) is 0. The molecule has 1 fully saturated rings. The van der Waals surface area contributed by atoms with Crippen LogP contribution in [0.25, 0.3) is 0 Å². The monoisotopic (exact) mass is 280 g/mol. The molecule has 0 saturated heterocycles. The quantitative estimate of drug-likeness (QED) is 0.702. The number of nitrogens with one attached hydrogen (secondary N) is 1. The molecule has 0 aliphatic heterocycles. The third kappa shape index (κ3) is 5.05. The largest absolute Gasteiger partial charge is 0.309 e. The van der Waals surface area contributed by atoms with Gasteiger partial charge in [-0.25, -0.2) is 0 Å². The highest BCUT2D eigenvalue weighted by molar-refractivity contribution is 5.13. The molecule has 0 aromatic carbocycles. The smallest absolute Gasteiger partial charge is 0.108 e. The average Bonchev–Trinajstić information content (AvgIpc) is 2.86. The molecule has 20 heavy (non-hydrogen) atoms. The van der Waals surface area contributed by atoms with E-state index in [0.29, 0.717) is 6.04 Å². The predicted octanol–water partition coefficient (Wildman–Crippen LogP) is 2.07. The summed E-state index contributed by atoms with van der Waals surface area (Å²) in [6, 6.07) is 3.12. The Balaban J connectivity index is 2.48. The summed E-state index contributed by atoms with van der Waals surface area (Å²) in [5, 5.41) is 13.0. The van der Waals surface area contributed by atoms with E-state index in [1.54, 1.807) is 0 Å². The third-order valence-corrected chi connectivity index (χ3v) is 4.39. The van der Waals surface area contributed by atoms with Crippen LogP contribution in [0.4, 0.5) is 0 Å². The van der Waals surface area contributed by atoms with Crippen LogP contribution < -0.4 is 5.32 Å². The summed E-state index contributed by atoms with van der Waals surface area (Å²) in [6.07, 6.45) is 5.44. The Hall–Kier alpha value is -0.630. The normalized spacial score (nSPS) is 26.4. The van der Waals surface area contributed by atoms with Gasteiger partial charge >= 0.3 is 0 Å². The van der Waals surface area contributed by atoms with Crippen molar-refractivity contribution in [1.82, 2.24) is 15.1 Å². The second kappa shape index (κ2) is 8.61. The summed E-state index contributed by atoms with van der Waals surface area (Å²) in [7, 11) is 4.25. The molecule has 116 valence electrons. The minimum atomic E-state index is -0.268. The van der Waals surface area contributed by atoms with E-state index in [1.165, 1.54) is 6.42 Å². The highest BCUT2D eigenvalue weighted by Crippen LogP contribution is 2.32. The van der Waals surface area contributed by atoms with Crippen LogP contribution in [-0.2, 0) is 0 Å². The summed E-state index contributed by atoms with van der Waals surface area (Å²) in [4.78, 5) is 4.81. The van der Waals surface area contributed by atoms with Crippen molar-refractivity contribution >= 4 is 0 Å². The van der Waals surface area contributed by atoms with E-state index in [9.17, 15) is 5.26 Å². The molecule has 0 heterocycles. The van der Waals surface area contributed by atoms with Crippen molar-refractivity contribution in [3.05, 3.63) is 0 Å². The van der Waals surface area contributed by atoms with Crippen molar-refractivity contribution in [3.63, 3.8) is 0 Å². The first-order valence-electron chi connectivity index (χ1n) is 8.12. The molecule has 0 radical (unpaired) electrons. The number of nitrogens with zero attached hydrogens (tertiary/aromatic N) is 3. The van der Waals surface area contributed by atoms with Crippen molar-refractivity contribution in [1.29, 1.82) is 5.26 Å². The predicted molar refractivity (Wildman–Crippen MR) is 84.7 cm³/mol. The van der Waals surface area contributed by atoms with Gasteiger partial charge in [0.15, 0.2) is 0 Å². The number of rotatable bonds is 9. The molecule has 0 aromatic rings. The summed E-state index contributed by atoms with van der Waals surface area (Å²) < 4.78 is 0. The SMILES string of the molecule is CCCNC1(C#N)CCC(N(CC)CCCN(C)C)C1. The minimum Gasteiger partial charge on any atom is -0.309 e. The molecule has 1 aliphatic rings. The Morgan fingerprint density at radius 2 is 2.05 bits per heavy atom. The highest BCUT2D eigenvalue weighted by Gasteiger charge is 2.40. The molecule has 0 amide bonds. The molecule has 4 heteroatoms. The van der Waals surface area contributed by atoms with E-state index in [-0.39, 0.29) is 5.54 Å². The molecule has 0 spiro atoms. The molecule has 4 nitrogen and oxygen atoms in total. The van der Waals surface area contributed by atoms with E-state index < -0.39 is 0 Å². The van der Waals surface area contributed by atoms with E-state index in [2.05, 4.69) is 49.1 Å². The molecule has 2 unspecified atom stereocenters. The fourth-order valence-electron chi connectivity index (χ4n) is 3.19. The van der Waals surface area contributed by atoms with Crippen molar-refractivity contribution in [2.24, 2.45) is 0 Å². The molecule has 0 bridgehead atoms. The fourth-order valence-corrected chi connectivity index (χ4v) is 3.19. The Bertz CT molecular complexity index is 310. The summed E-state index contributed by atoms with van der Waals surface area (Å²) >= 11 is 0. The van der Waals surface area contributed by atoms with Crippen molar-refractivity contribution in [2.45, 2.75) is 57.5 Å². The van der Waals surface area contributed by atoms with E-state index in [1.807, 2.05) is 0 Å². The Morgan fingerprint density at radius 1 is 1.30 bits per heavy atom. The summed E-state index contributed by atoms with van der Waals surface area (Å²) in [6.45, 7) is 8.72. The van der Waals surface area contributed by atoms with Crippen LogP contribution in [0.15, 0.2) is 0 Å². The Kier molecular flexibility index (Phi) is 7.50. The Morgan fingerprint density at radius 3 is 2.60 bits per heavy atom. The van der Waals surface area contributed by atoms with Crippen LogP contribution in [0, 0.1) is 11.3 Å². The van der Waals surface area contributed by atoms with Crippen LogP contribution in [0.1, 0.15) is 46.0 Å². The molecule has 1 aliphatic carbocycles. The van der Waals surface area contributed by atoms with Gasteiger partial charge in [-0.05, 0) is 72.4 Å².